The van der Waals surface area contributed by atoms with Gasteiger partial charge in [0.1, 0.15) is 19.3 Å². The zero-order valence-corrected chi connectivity index (χ0v) is 62.7. The Morgan fingerprint density at radius 1 is 0.301 bits per heavy atom. The fourth-order valence-corrected chi connectivity index (χ4v) is 12.7. The van der Waals surface area contributed by atoms with Crippen LogP contribution < -0.4 is 0 Å². The predicted octanol–water partition coefficient (Wildman–Crippen LogP) is 21.3. The van der Waals surface area contributed by atoms with E-state index in [0.29, 0.717) is 31.6 Å². The molecule has 17 nitrogen and oxygen atoms in total. The largest absolute Gasteiger partial charge is 0.472 e. The molecule has 3 unspecified atom stereocenters. The molecule has 0 saturated heterocycles. The lowest BCUT2D eigenvalue weighted by molar-refractivity contribution is -0.161. The van der Waals surface area contributed by atoms with Gasteiger partial charge in [-0.2, -0.15) is 0 Å². The van der Waals surface area contributed by atoms with Gasteiger partial charge in [-0.1, -0.05) is 319 Å². The van der Waals surface area contributed by atoms with Crippen molar-refractivity contribution in [2.24, 2.45) is 23.7 Å². The standard InChI is InChI=1S/C74H144O17P2/c1-9-67(8)53-45-37-28-22-17-19-25-31-41-49-57-74(79)91-70(61-85-72(77)55-47-39-33-32-36-44-52-66(6)7)63-89-93(82,83)87-59-68(75)58-86-92(80,81)88-62-69(60-84-71(76)54-46-38-29-23-18-16-21-27-35-43-51-65(4)5)90-73(78)56-48-40-30-24-15-13-11-10-12-14-20-26-34-42-50-64(2)3/h64-70,75H,9-63H2,1-8H3,(H,80,81)(H,82,83)/t67?,68-,69-,70-/m1/s1. The van der Waals surface area contributed by atoms with Gasteiger partial charge in [0.25, 0.3) is 0 Å². The number of ether oxygens (including phenoxy) is 4. The van der Waals surface area contributed by atoms with Gasteiger partial charge in [0.15, 0.2) is 12.2 Å². The Morgan fingerprint density at radius 3 is 0.763 bits per heavy atom. The van der Waals surface area contributed by atoms with E-state index in [0.717, 1.165) is 114 Å². The Kier molecular flexibility index (Phi) is 62.2. The summed E-state index contributed by atoms with van der Waals surface area (Å²) >= 11 is 0. The Labute approximate surface area is 568 Å². The molecule has 93 heavy (non-hydrogen) atoms. The lowest BCUT2D eigenvalue weighted by Gasteiger charge is -2.21. The number of unbranched alkanes of at least 4 members (excludes halogenated alkanes) is 36. The zero-order chi connectivity index (χ0) is 68.9. The van der Waals surface area contributed by atoms with Crippen LogP contribution in [0.1, 0.15) is 370 Å². The third-order valence-corrected chi connectivity index (χ3v) is 19.3. The molecule has 0 radical (unpaired) electrons. The summed E-state index contributed by atoms with van der Waals surface area (Å²) in [5.74, 6) is 0.911. The average Bonchev–Trinajstić information content (AvgIpc) is 1.49. The molecule has 0 aromatic rings. The number of aliphatic hydroxyl groups excluding tert-OH is 1. The SMILES string of the molecule is CCC(C)CCCCCCCCCCCCC(=O)O[C@H](COC(=O)CCCCCCCCC(C)C)COP(=O)(O)OC[C@H](O)COP(=O)(O)OC[C@@H](COC(=O)CCCCCCCCCCCCC(C)C)OC(=O)CCCCCCCCCCCCCCCCC(C)C. The Morgan fingerprint density at radius 2 is 0.516 bits per heavy atom. The fourth-order valence-electron chi connectivity index (χ4n) is 11.2. The van der Waals surface area contributed by atoms with E-state index in [-0.39, 0.29) is 25.7 Å². The van der Waals surface area contributed by atoms with Crippen LogP contribution in [0.25, 0.3) is 0 Å². The van der Waals surface area contributed by atoms with Crippen molar-refractivity contribution in [1.82, 2.24) is 0 Å². The molecular formula is C74H144O17P2. The van der Waals surface area contributed by atoms with Crippen LogP contribution in [0.4, 0.5) is 0 Å². The van der Waals surface area contributed by atoms with Crippen molar-refractivity contribution in [3.8, 4) is 0 Å². The molecule has 0 aromatic heterocycles. The molecule has 0 aromatic carbocycles. The van der Waals surface area contributed by atoms with Gasteiger partial charge in [-0.05, 0) is 49.4 Å². The van der Waals surface area contributed by atoms with Crippen LogP contribution in [-0.4, -0.2) is 96.7 Å². The van der Waals surface area contributed by atoms with Gasteiger partial charge >= 0.3 is 39.5 Å². The maximum absolute atomic E-state index is 13.1. The summed E-state index contributed by atoms with van der Waals surface area (Å²) < 4.78 is 68.4. The van der Waals surface area contributed by atoms with Crippen LogP contribution in [0.2, 0.25) is 0 Å². The summed E-state index contributed by atoms with van der Waals surface area (Å²) in [7, 11) is -9.91. The lowest BCUT2D eigenvalue weighted by atomic mass is 9.99. The van der Waals surface area contributed by atoms with Crippen LogP contribution in [0.15, 0.2) is 0 Å². The summed E-state index contributed by atoms with van der Waals surface area (Å²) in [4.78, 5) is 72.7. The molecule has 0 heterocycles. The first-order valence-corrected chi connectivity index (χ1v) is 41.2. The Bertz CT molecular complexity index is 1840. The minimum absolute atomic E-state index is 0.105. The molecule has 0 aliphatic rings. The number of aliphatic hydroxyl groups is 1. The minimum Gasteiger partial charge on any atom is -0.462 e. The van der Waals surface area contributed by atoms with Crippen LogP contribution >= 0.6 is 15.6 Å². The second kappa shape index (κ2) is 63.5. The van der Waals surface area contributed by atoms with Gasteiger partial charge in [0.05, 0.1) is 26.4 Å². The molecule has 0 amide bonds. The highest BCUT2D eigenvalue weighted by Gasteiger charge is 2.30. The van der Waals surface area contributed by atoms with Crippen molar-refractivity contribution in [2.75, 3.05) is 39.6 Å². The van der Waals surface area contributed by atoms with Gasteiger partial charge in [-0.15, -0.1) is 0 Å². The van der Waals surface area contributed by atoms with Crippen molar-refractivity contribution in [3.63, 3.8) is 0 Å². The number of carbonyl (C=O) groups excluding carboxylic acids is 4. The van der Waals surface area contributed by atoms with Crippen molar-refractivity contribution in [3.05, 3.63) is 0 Å². The number of rotatable bonds is 71. The molecule has 0 saturated carbocycles. The second-order valence-corrected chi connectivity index (χ2v) is 31.3. The molecule has 3 N–H and O–H groups in total. The van der Waals surface area contributed by atoms with E-state index in [1.165, 1.54) is 167 Å². The lowest BCUT2D eigenvalue weighted by Crippen LogP contribution is -2.30. The average molecular weight is 1370 g/mol. The first-order valence-electron chi connectivity index (χ1n) is 38.2. The number of carbonyl (C=O) groups is 4. The van der Waals surface area contributed by atoms with Crippen molar-refractivity contribution < 1.29 is 80.2 Å². The highest BCUT2D eigenvalue weighted by molar-refractivity contribution is 7.47. The molecular weight excluding hydrogens is 1220 g/mol. The van der Waals surface area contributed by atoms with Crippen LogP contribution in [-0.2, 0) is 65.4 Å². The van der Waals surface area contributed by atoms with E-state index < -0.39 is 97.5 Å². The van der Waals surface area contributed by atoms with Gasteiger partial charge < -0.3 is 33.8 Å². The molecule has 0 bridgehead atoms. The molecule has 0 aliphatic heterocycles. The quantitative estimate of drug-likeness (QED) is 0.0222. The maximum Gasteiger partial charge on any atom is 0.472 e. The molecule has 0 aliphatic carbocycles. The normalized spacial score (nSPS) is 14.5. The smallest absolute Gasteiger partial charge is 0.462 e. The van der Waals surface area contributed by atoms with Crippen molar-refractivity contribution >= 4 is 39.5 Å². The molecule has 0 fully saturated rings. The number of phosphoric acid groups is 2. The predicted molar refractivity (Wildman–Crippen MR) is 377 cm³/mol. The van der Waals surface area contributed by atoms with Crippen LogP contribution in [0, 0.1) is 23.7 Å². The second-order valence-electron chi connectivity index (χ2n) is 28.4. The maximum atomic E-state index is 13.1. The summed E-state index contributed by atoms with van der Waals surface area (Å²) in [6.07, 6.45) is 47.2. The number of hydrogen-bond donors (Lipinski definition) is 3. The summed E-state index contributed by atoms with van der Waals surface area (Å²) in [6.45, 7) is 14.1. The number of esters is 4. The highest BCUT2D eigenvalue weighted by atomic mass is 31.2. The zero-order valence-electron chi connectivity index (χ0n) is 60.9. The first-order chi connectivity index (χ1) is 44.6. The van der Waals surface area contributed by atoms with Crippen molar-refractivity contribution in [2.45, 2.75) is 388 Å². The molecule has 6 atom stereocenters. The van der Waals surface area contributed by atoms with E-state index in [4.69, 9.17) is 37.0 Å². The van der Waals surface area contributed by atoms with Gasteiger partial charge in [-0.25, -0.2) is 9.13 Å². The van der Waals surface area contributed by atoms with Crippen LogP contribution in [0.5, 0.6) is 0 Å². The van der Waals surface area contributed by atoms with E-state index in [2.05, 4.69) is 55.4 Å². The van der Waals surface area contributed by atoms with Crippen LogP contribution in [0.3, 0.4) is 0 Å². The number of phosphoric ester groups is 2. The third kappa shape index (κ3) is 67.0. The van der Waals surface area contributed by atoms with Crippen molar-refractivity contribution in [1.29, 1.82) is 0 Å². The molecule has 19 heteroatoms. The minimum atomic E-state index is -4.96. The third-order valence-electron chi connectivity index (χ3n) is 17.4. The molecule has 0 spiro atoms. The number of hydrogen-bond acceptors (Lipinski definition) is 15. The summed E-state index contributed by atoms with van der Waals surface area (Å²) in [6, 6.07) is 0. The van der Waals surface area contributed by atoms with E-state index in [1.807, 2.05) is 0 Å². The Hall–Kier alpha value is -1.94. The topological polar surface area (TPSA) is 237 Å². The van der Waals surface area contributed by atoms with Gasteiger partial charge in [0, 0.05) is 25.7 Å². The van der Waals surface area contributed by atoms with E-state index in [1.54, 1.807) is 0 Å². The first kappa shape index (κ1) is 91.1. The fraction of sp³-hybridized carbons (Fsp3) is 0.946. The van der Waals surface area contributed by atoms with Gasteiger partial charge in [0.2, 0.25) is 0 Å². The van der Waals surface area contributed by atoms with E-state index in [9.17, 15) is 43.2 Å². The Balaban J connectivity index is 5.25. The molecule has 0 rings (SSSR count). The summed E-state index contributed by atoms with van der Waals surface area (Å²) in [5.41, 5.74) is 0. The molecule has 552 valence electrons. The monoisotopic (exact) mass is 1370 g/mol. The highest BCUT2D eigenvalue weighted by Crippen LogP contribution is 2.45. The van der Waals surface area contributed by atoms with Gasteiger partial charge in [-0.3, -0.25) is 37.3 Å². The van der Waals surface area contributed by atoms with E-state index >= 15 is 0 Å². The summed E-state index contributed by atoms with van der Waals surface area (Å²) in [5, 5.41) is 10.6.